The van der Waals surface area contributed by atoms with E-state index in [9.17, 15) is 22.7 Å². The van der Waals surface area contributed by atoms with Gasteiger partial charge in [0.25, 0.3) is 0 Å². The van der Waals surface area contributed by atoms with E-state index in [1.165, 1.54) is 22.5 Å². The Kier molecular flexibility index (Phi) is 7.93. The van der Waals surface area contributed by atoms with E-state index in [0.29, 0.717) is 50.0 Å². The molecule has 35 heavy (non-hydrogen) atoms. The lowest BCUT2D eigenvalue weighted by Crippen LogP contribution is -2.33. The number of nitrogens with zero attached hydrogens (tertiary/aromatic N) is 2. The van der Waals surface area contributed by atoms with Gasteiger partial charge in [-0.05, 0) is 73.9 Å². The number of aromatic nitrogens is 1. The van der Waals surface area contributed by atoms with Crippen LogP contribution in [-0.2, 0) is 29.3 Å². The summed E-state index contributed by atoms with van der Waals surface area (Å²) >= 11 is 0. The maximum absolute atomic E-state index is 13.2. The summed E-state index contributed by atoms with van der Waals surface area (Å²) in [7, 11) is -3.48. The lowest BCUT2D eigenvalue weighted by molar-refractivity contribution is 0.0695. The Morgan fingerprint density at radius 2 is 1.69 bits per heavy atom. The van der Waals surface area contributed by atoms with Crippen LogP contribution in [0, 0.1) is 5.82 Å². The highest BCUT2D eigenvalue weighted by Gasteiger charge is 2.36. The Bertz CT molecular complexity index is 1260. The van der Waals surface area contributed by atoms with Crippen LogP contribution in [0.25, 0.3) is 0 Å². The minimum atomic E-state index is -3.48. The van der Waals surface area contributed by atoms with Crippen LogP contribution in [-0.4, -0.2) is 41.1 Å². The average Bonchev–Trinajstić information content (AvgIpc) is 3.35. The first-order valence-corrected chi connectivity index (χ1v) is 13.5. The zero-order valence-electron chi connectivity index (χ0n) is 19.4. The molecule has 1 N–H and O–H groups in total. The van der Waals surface area contributed by atoms with Gasteiger partial charge in [-0.25, -0.2) is 17.6 Å². The molecule has 1 fully saturated rings. The topological polar surface area (TPSA) is 87.6 Å². The van der Waals surface area contributed by atoms with Crippen molar-refractivity contribution in [3.63, 3.8) is 0 Å². The number of halogens is 1. The normalized spacial score (nSPS) is 16.4. The molecule has 0 aliphatic carbocycles. The molecule has 0 bridgehead atoms. The van der Waals surface area contributed by atoms with E-state index in [1.807, 2.05) is 30.3 Å². The van der Waals surface area contributed by atoms with Crippen LogP contribution in [0.4, 0.5) is 4.39 Å². The van der Waals surface area contributed by atoms with Crippen LogP contribution in [0.2, 0.25) is 0 Å². The SMILES string of the molecule is O=C(O)c1ccc([C@@H]2CCCN2S(=O)(=O)CCCc2ccccc2)nc1CCc1ccc(F)cc1. The van der Waals surface area contributed by atoms with Gasteiger partial charge in [-0.3, -0.25) is 4.98 Å². The summed E-state index contributed by atoms with van der Waals surface area (Å²) in [5.74, 6) is -1.34. The zero-order chi connectivity index (χ0) is 24.8. The maximum Gasteiger partial charge on any atom is 0.337 e. The highest BCUT2D eigenvalue weighted by Crippen LogP contribution is 2.34. The molecule has 1 saturated heterocycles. The van der Waals surface area contributed by atoms with E-state index in [0.717, 1.165) is 17.5 Å². The minimum Gasteiger partial charge on any atom is -0.478 e. The summed E-state index contributed by atoms with van der Waals surface area (Å²) in [5.41, 5.74) is 3.07. The van der Waals surface area contributed by atoms with Gasteiger partial charge in [-0.15, -0.1) is 0 Å². The van der Waals surface area contributed by atoms with E-state index < -0.39 is 22.0 Å². The van der Waals surface area contributed by atoms with Crippen molar-refractivity contribution >= 4 is 16.0 Å². The van der Waals surface area contributed by atoms with Crippen molar-refractivity contribution in [2.75, 3.05) is 12.3 Å². The van der Waals surface area contributed by atoms with Crippen molar-refractivity contribution in [2.24, 2.45) is 0 Å². The third-order valence-corrected chi connectivity index (χ3v) is 8.36. The third-order valence-electron chi connectivity index (χ3n) is 6.40. The first kappa shape index (κ1) is 25.0. The molecule has 1 aliphatic rings. The van der Waals surface area contributed by atoms with E-state index >= 15 is 0 Å². The van der Waals surface area contributed by atoms with Gasteiger partial charge in [-0.2, -0.15) is 4.31 Å². The van der Waals surface area contributed by atoms with E-state index in [4.69, 9.17) is 0 Å². The van der Waals surface area contributed by atoms with Crippen LogP contribution < -0.4 is 0 Å². The molecule has 8 heteroatoms. The van der Waals surface area contributed by atoms with Crippen molar-refractivity contribution < 1.29 is 22.7 Å². The lowest BCUT2D eigenvalue weighted by Gasteiger charge is -2.24. The van der Waals surface area contributed by atoms with E-state index in [2.05, 4.69) is 4.98 Å². The number of hydrogen-bond donors (Lipinski definition) is 1. The van der Waals surface area contributed by atoms with Crippen LogP contribution in [0.1, 0.15) is 58.2 Å². The monoisotopic (exact) mass is 496 g/mol. The van der Waals surface area contributed by atoms with Crippen molar-refractivity contribution in [1.82, 2.24) is 9.29 Å². The number of carboxylic acid groups (broad SMARTS) is 1. The molecule has 6 nitrogen and oxygen atoms in total. The van der Waals surface area contributed by atoms with Crippen molar-refractivity contribution in [2.45, 2.75) is 44.6 Å². The van der Waals surface area contributed by atoms with Gasteiger partial charge in [0.05, 0.1) is 28.7 Å². The van der Waals surface area contributed by atoms with E-state index in [1.54, 1.807) is 18.2 Å². The zero-order valence-corrected chi connectivity index (χ0v) is 20.3. The molecule has 1 atom stereocenters. The van der Waals surface area contributed by atoms with Crippen molar-refractivity contribution in [3.05, 3.63) is 101 Å². The number of pyridine rings is 1. The number of sulfonamides is 1. The molecule has 0 saturated carbocycles. The highest BCUT2D eigenvalue weighted by molar-refractivity contribution is 7.89. The Morgan fingerprint density at radius 3 is 2.40 bits per heavy atom. The summed E-state index contributed by atoms with van der Waals surface area (Å²) in [5, 5.41) is 9.63. The number of hydrogen-bond acceptors (Lipinski definition) is 4. The second-order valence-corrected chi connectivity index (χ2v) is 10.9. The number of carboxylic acids is 1. The average molecular weight is 497 g/mol. The Hall–Kier alpha value is -3.10. The fourth-order valence-corrected chi connectivity index (χ4v) is 6.34. The molecule has 0 amide bonds. The van der Waals surface area contributed by atoms with Crippen LogP contribution in [0.15, 0.2) is 66.7 Å². The van der Waals surface area contributed by atoms with Gasteiger partial charge in [0.15, 0.2) is 0 Å². The number of carbonyl (C=O) groups is 1. The lowest BCUT2D eigenvalue weighted by atomic mass is 10.0. The number of aromatic carboxylic acids is 1. The summed E-state index contributed by atoms with van der Waals surface area (Å²) in [4.78, 5) is 16.4. The predicted octanol–water partition coefficient (Wildman–Crippen LogP) is 4.80. The molecule has 2 aromatic carbocycles. The summed E-state index contributed by atoms with van der Waals surface area (Å²) in [6, 6.07) is 18.6. The molecule has 2 heterocycles. The third kappa shape index (κ3) is 6.32. The van der Waals surface area contributed by atoms with Gasteiger partial charge in [0.2, 0.25) is 10.0 Å². The predicted molar refractivity (Wildman–Crippen MR) is 132 cm³/mol. The number of benzene rings is 2. The fraction of sp³-hybridized carbons (Fsp3) is 0.333. The van der Waals surface area contributed by atoms with Gasteiger partial charge >= 0.3 is 5.97 Å². The van der Waals surface area contributed by atoms with Crippen LogP contribution >= 0.6 is 0 Å². The van der Waals surface area contributed by atoms with Gasteiger partial charge in [-0.1, -0.05) is 42.5 Å². The standard InChI is InChI=1S/C27H29FN2O4S/c28-22-13-10-21(11-14-22)12-16-24-23(27(31)32)15-17-25(29-24)26-9-4-18-30(26)35(33,34)19-5-8-20-6-2-1-3-7-20/h1-3,6-7,10-11,13-15,17,26H,4-5,8-9,12,16,18-19H2,(H,31,32)/t26-/m0/s1. The molecule has 3 aromatic rings. The fourth-order valence-electron chi connectivity index (χ4n) is 4.59. The molecule has 0 unspecified atom stereocenters. The van der Waals surface area contributed by atoms with Crippen LogP contribution in [0.3, 0.4) is 0 Å². The Labute approximate surface area is 205 Å². The molecule has 0 radical (unpaired) electrons. The van der Waals surface area contributed by atoms with Crippen LogP contribution in [0.5, 0.6) is 0 Å². The minimum absolute atomic E-state index is 0.0586. The first-order valence-electron chi connectivity index (χ1n) is 11.8. The smallest absolute Gasteiger partial charge is 0.337 e. The molecule has 184 valence electrons. The Morgan fingerprint density at radius 1 is 0.971 bits per heavy atom. The summed E-state index contributed by atoms with van der Waals surface area (Å²) in [6.07, 6.45) is 3.47. The van der Waals surface area contributed by atoms with E-state index in [-0.39, 0.29) is 17.1 Å². The van der Waals surface area contributed by atoms with Crippen molar-refractivity contribution in [3.8, 4) is 0 Å². The highest BCUT2D eigenvalue weighted by atomic mass is 32.2. The molecule has 1 aromatic heterocycles. The largest absolute Gasteiger partial charge is 0.478 e. The molecule has 1 aliphatic heterocycles. The second-order valence-electron chi connectivity index (χ2n) is 8.84. The van der Waals surface area contributed by atoms with Gasteiger partial charge in [0.1, 0.15) is 5.82 Å². The molecular weight excluding hydrogens is 467 g/mol. The summed E-state index contributed by atoms with van der Waals surface area (Å²) in [6.45, 7) is 0.436. The number of aryl methyl sites for hydroxylation is 3. The van der Waals surface area contributed by atoms with Gasteiger partial charge in [0, 0.05) is 6.54 Å². The molecular formula is C27H29FN2O4S. The Balaban J connectivity index is 1.49. The second kappa shape index (κ2) is 11.1. The van der Waals surface area contributed by atoms with Crippen molar-refractivity contribution in [1.29, 1.82) is 0 Å². The van der Waals surface area contributed by atoms with Gasteiger partial charge < -0.3 is 5.11 Å². The maximum atomic E-state index is 13.2. The number of rotatable bonds is 10. The quantitative estimate of drug-likeness (QED) is 0.436. The first-order chi connectivity index (χ1) is 16.8. The molecule has 4 rings (SSSR count). The summed E-state index contributed by atoms with van der Waals surface area (Å²) < 4.78 is 41.1. The molecule has 0 spiro atoms.